The number of rotatable bonds is 4. The molecule has 8 heteroatoms. The predicted octanol–water partition coefficient (Wildman–Crippen LogP) is 1.94. The van der Waals surface area contributed by atoms with E-state index in [2.05, 4.69) is 25.4 Å². The first-order chi connectivity index (χ1) is 13.1. The van der Waals surface area contributed by atoms with Gasteiger partial charge in [0.1, 0.15) is 5.82 Å². The van der Waals surface area contributed by atoms with Gasteiger partial charge in [-0.1, -0.05) is 12.1 Å². The van der Waals surface area contributed by atoms with Crippen molar-refractivity contribution in [1.29, 1.82) is 0 Å². The zero-order chi connectivity index (χ0) is 19.0. The minimum atomic E-state index is -0.322. The summed E-state index contributed by atoms with van der Waals surface area (Å²) in [6.07, 6.45) is 2.53. The van der Waals surface area contributed by atoms with Crippen LogP contribution >= 0.6 is 0 Å². The number of hydrogen-bond donors (Lipinski definition) is 3. The molecule has 1 saturated heterocycles. The summed E-state index contributed by atoms with van der Waals surface area (Å²) in [6, 6.07) is 7.02. The maximum Gasteiger partial charge on any atom is 0.217 e. The molecule has 1 unspecified atom stereocenters. The number of carbonyl (C=O) groups is 1. The fourth-order valence-electron chi connectivity index (χ4n) is 3.64. The summed E-state index contributed by atoms with van der Waals surface area (Å²) in [5.74, 6) is 0.410. The van der Waals surface area contributed by atoms with Crippen LogP contribution < -0.4 is 16.0 Å². The van der Waals surface area contributed by atoms with Crippen molar-refractivity contribution in [2.24, 2.45) is 5.73 Å². The number of fused-ring (bicyclic) bond motifs is 1. The van der Waals surface area contributed by atoms with Gasteiger partial charge in [0.25, 0.3) is 0 Å². The van der Waals surface area contributed by atoms with Gasteiger partial charge in [-0.15, -0.1) is 0 Å². The van der Waals surface area contributed by atoms with E-state index < -0.39 is 0 Å². The Bertz CT molecular complexity index is 1000. The molecule has 1 aliphatic heterocycles. The molecule has 1 atom stereocenters. The Morgan fingerprint density at radius 1 is 1.44 bits per heavy atom. The normalized spacial score (nSPS) is 16.9. The van der Waals surface area contributed by atoms with Crippen LogP contribution in [0.1, 0.15) is 18.9 Å². The molecule has 7 nitrogen and oxygen atoms in total. The van der Waals surface area contributed by atoms with Gasteiger partial charge in [0, 0.05) is 44.4 Å². The average molecular weight is 368 g/mol. The number of nitrogens with two attached hydrogens (primary N) is 1. The summed E-state index contributed by atoms with van der Waals surface area (Å²) < 4.78 is 14.3. The first-order valence-electron chi connectivity index (χ1n) is 8.91. The molecule has 0 aliphatic carbocycles. The minimum absolute atomic E-state index is 0.0356. The quantitative estimate of drug-likeness (QED) is 0.653. The number of aromatic amines is 1. The molecule has 1 aromatic carbocycles. The summed E-state index contributed by atoms with van der Waals surface area (Å²) in [7, 11) is 0. The summed E-state index contributed by atoms with van der Waals surface area (Å²) >= 11 is 0. The Kier molecular flexibility index (Phi) is 4.49. The lowest BCUT2D eigenvalue weighted by Gasteiger charge is -2.17. The standard InChI is InChI=1S/C19H21FN6O/c1-11(27)23-14-5-7-26(10-14)19-17-15(4-6-22-18(17)24-25-19)12-2-3-13(9-21)16(20)8-12/h2-4,6,8,14H,5,7,9-10,21H2,1H3,(H,23,27)(H,22,24,25). The molecule has 1 aliphatic rings. The van der Waals surface area contributed by atoms with Crippen molar-refractivity contribution in [2.45, 2.75) is 25.9 Å². The first-order valence-corrected chi connectivity index (χ1v) is 8.91. The number of amides is 1. The molecule has 27 heavy (non-hydrogen) atoms. The SMILES string of the molecule is CC(=O)NC1CCN(c2n[nH]c3nccc(-c4ccc(CN)c(F)c4)c23)C1. The maximum atomic E-state index is 14.3. The Labute approximate surface area is 155 Å². The minimum Gasteiger partial charge on any atom is -0.352 e. The van der Waals surface area contributed by atoms with Gasteiger partial charge in [-0.25, -0.2) is 9.37 Å². The highest BCUT2D eigenvalue weighted by Gasteiger charge is 2.27. The summed E-state index contributed by atoms with van der Waals surface area (Å²) in [5.41, 5.74) is 8.30. The van der Waals surface area contributed by atoms with Gasteiger partial charge in [-0.2, -0.15) is 5.10 Å². The fraction of sp³-hybridized carbons (Fsp3) is 0.316. The molecule has 0 radical (unpaired) electrons. The Morgan fingerprint density at radius 3 is 3.04 bits per heavy atom. The van der Waals surface area contributed by atoms with E-state index in [-0.39, 0.29) is 24.3 Å². The number of nitrogens with one attached hydrogen (secondary N) is 2. The lowest BCUT2D eigenvalue weighted by atomic mass is 10.0. The van der Waals surface area contributed by atoms with E-state index >= 15 is 0 Å². The predicted molar refractivity (Wildman–Crippen MR) is 102 cm³/mol. The van der Waals surface area contributed by atoms with E-state index in [1.807, 2.05) is 12.1 Å². The Morgan fingerprint density at radius 2 is 2.30 bits per heavy atom. The van der Waals surface area contributed by atoms with Gasteiger partial charge in [-0.3, -0.25) is 9.89 Å². The fourth-order valence-corrected chi connectivity index (χ4v) is 3.64. The second kappa shape index (κ2) is 6.96. The van der Waals surface area contributed by atoms with E-state index in [1.54, 1.807) is 12.3 Å². The number of benzene rings is 1. The van der Waals surface area contributed by atoms with Crippen LogP contribution in [0.5, 0.6) is 0 Å². The average Bonchev–Trinajstić information content (AvgIpc) is 3.27. The second-order valence-electron chi connectivity index (χ2n) is 6.77. The van der Waals surface area contributed by atoms with Crippen LogP contribution in [0.25, 0.3) is 22.2 Å². The molecular formula is C19H21FN6O. The molecule has 1 amide bonds. The number of carbonyl (C=O) groups excluding carboxylic acids is 1. The lowest BCUT2D eigenvalue weighted by Crippen LogP contribution is -2.35. The Hall–Kier alpha value is -3.00. The van der Waals surface area contributed by atoms with Crippen molar-refractivity contribution < 1.29 is 9.18 Å². The molecule has 4 rings (SSSR count). The van der Waals surface area contributed by atoms with Crippen molar-refractivity contribution in [2.75, 3.05) is 18.0 Å². The van der Waals surface area contributed by atoms with E-state index in [4.69, 9.17) is 5.73 Å². The molecule has 3 aromatic rings. The molecule has 3 heterocycles. The molecule has 0 spiro atoms. The number of aromatic nitrogens is 3. The highest BCUT2D eigenvalue weighted by molar-refractivity contribution is 6.00. The topological polar surface area (TPSA) is 99.9 Å². The lowest BCUT2D eigenvalue weighted by molar-refractivity contribution is -0.119. The summed E-state index contributed by atoms with van der Waals surface area (Å²) in [6.45, 7) is 3.13. The van der Waals surface area contributed by atoms with Gasteiger partial charge in [0.2, 0.25) is 5.91 Å². The van der Waals surface area contributed by atoms with Crippen molar-refractivity contribution >= 4 is 22.8 Å². The monoisotopic (exact) mass is 368 g/mol. The third-order valence-corrected chi connectivity index (χ3v) is 4.92. The maximum absolute atomic E-state index is 14.3. The molecule has 0 bridgehead atoms. The summed E-state index contributed by atoms with van der Waals surface area (Å²) in [4.78, 5) is 17.8. The highest BCUT2D eigenvalue weighted by atomic mass is 19.1. The van der Waals surface area contributed by atoms with Crippen LogP contribution in [0.3, 0.4) is 0 Å². The molecule has 140 valence electrons. The second-order valence-corrected chi connectivity index (χ2v) is 6.77. The van der Waals surface area contributed by atoms with Gasteiger partial charge in [-0.05, 0) is 29.7 Å². The Balaban J connectivity index is 1.74. The van der Waals surface area contributed by atoms with E-state index in [0.29, 0.717) is 17.8 Å². The summed E-state index contributed by atoms with van der Waals surface area (Å²) in [5, 5.41) is 11.2. The first kappa shape index (κ1) is 17.4. The number of nitrogens with zero attached hydrogens (tertiary/aromatic N) is 3. The van der Waals surface area contributed by atoms with Crippen LogP contribution in [-0.2, 0) is 11.3 Å². The van der Waals surface area contributed by atoms with Gasteiger partial charge < -0.3 is 16.0 Å². The van der Waals surface area contributed by atoms with Crippen molar-refractivity contribution in [3.63, 3.8) is 0 Å². The number of anilines is 1. The van der Waals surface area contributed by atoms with Gasteiger partial charge >= 0.3 is 0 Å². The zero-order valence-corrected chi connectivity index (χ0v) is 15.0. The van der Waals surface area contributed by atoms with Gasteiger partial charge in [0.05, 0.1) is 5.39 Å². The van der Waals surface area contributed by atoms with Crippen LogP contribution in [0.4, 0.5) is 10.2 Å². The van der Waals surface area contributed by atoms with E-state index in [1.165, 1.54) is 13.0 Å². The number of H-pyrrole nitrogens is 1. The number of halogens is 1. The number of pyridine rings is 1. The van der Waals surface area contributed by atoms with E-state index in [9.17, 15) is 9.18 Å². The molecule has 2 aromatic heterocycles. The van der Waals surface area contributed by atoms with E-state index in [0.717, 1.165) is 35.3 Å². The molecule has 4 N–H and O–H groups in total. The van der Waals surface area contributed by atoms with Crippen LogP contribution in [0.2, 0.25) is 0 Å². The van der Waals surface area contributed by atoms with Crippen molar-refractivity contribution in [3.05, 3.63) is 41.8 Å². The van der Waals surface area contributed by atoms with Crippen molar-refractivity contribution in [1.82, 2.24) is 20.5 Å². The largest absolute Gasteiger partial charge is 0.352 e. The third kappa shape index (κ3) is 3.23. The highest BCUT2D eigenvalue weighted by Crippen LogP contribution is 2.35. The van der Waals surface area contributed by atoms with Gasteiger partial charge in [0.15, 0.2) is 11.5 Å². The molecular weight excluding hydrogens is 347 g/mol. The third-order valence-electron chi connectivity index (χ3n) is 4.92. The smallest absolute Gasteiger partial charge is 0.217 e. The van der Waals surface area contributed by atoms with Crippen molar-refractivity contribution in [3.8, 4) is 11.1 Å². The number of hydrogen-bond acceptors (Lipinski definition) is 5. The van der Waals surface area contributed by atoms with Crippen LogP contribution in [0.15, 0.2) is 30.5 Å². The van der Waals surface area contributed by atoms with Crippen LogP contribution in [-0.4, -0.2) is 40.2 Å². The molecule has 1 fully saturated rings. The van der Waals surface area contributed by atoms with Crippen LogP contribution in [0, 0.1) is 5.82 Å². The molecule has 0 saturated carbocycles. The zero-order valence-electron chi connectivity index (χ0n) is 15.0.